The van der Waals surface area contributed by atoms with E-state index in [9.17, 15) is 13.2 Å². The van der Waals surface area contributed by atoms with Gasteiger partial charge in [0, 0.05) is 0 Å². The van der Waals surface area contributed by atoms with Crippen molar-refractivity contribution in [2.45, 2.75) is 31.7 Å². The lowest BCUT2D eigenvalue weighted by Gasteiger charge is -2.27. The van der Waals surface area contributed by atoms with Gasteiger partial charge in [0.2, 0.25) is 10.0 Å². The van der Waals surface area contributed by atoms with E-state index in [0.717, 1.165) is 0 Å². The van der Waals surface area contributed by atoms with E-state index < -0.39 is 27.4 Å². The zero-order chi connectivity index (χ0) is 15.7. The van der Waals surface area contributed by atoms with Crippen molar-refractivity contribution in [1.29, 1.82) is 0 Å². The van der Waals surface area contributed by atoms with E-state index >= 15 is 0 Å². The SMILES string of the molecule is CC(C)(C)C(NS(=O)(=O)c1ccc(Cl)c(Cl)c1)C(=O)O. The highest BCUT2D eigenvalue weighted by atomic mass is 35.5. The number of halogens is 2. The summed E-state index contributed by atoms with van der Waals surface area (Å²) in [5.41, 5.74) is -0.783. The van der Waals surface area contributed by atoms with Crippen LogP contribution in [0.5, 0.6) is 0 Å². The lowest BCUT2D eigenvalue weighted by Crippen LogP contribution is -2.48. The second kappa shape index (κ2) is 5.89. The molecule has 1 unspecified atom stereocenters. The van der Waals surface area contributed by atoms with Crippen LogP contribution >= 0.6 is 23.2 Å². The first-order chi connectivity index (χ1) is 8.95. The fourth-order valence-corrected chi connectivity index (χ4v) is 3.25. The van der Waals surface area contributed by atoms with Crippen LogP contribution in [0.4, 0.5) is 0 Å². The van der Waals surface area contributed by atoms with Crippen molar-refractivity contribution in [3.63, 3.8) is 0 Å². The van der Waals surface area contributed by atoms with E-state index in [2.05, 4.69) is 4.72 Å². The smallest absolute Gasteiger partial charge is 0.322 e. The van der Waals surface area contributed by atoms with Crippen molar-refractivity contribution in [3.8, 4) is 0 Å². The van der Waals surface area contributed by atoms with Crippen LogP contribution < -0.4 is 4.72 Å². The van der Waals surface area contributed by atoms with Gasteiger partial charge in [0.1, 0.15) is 6.04 Å². The predicted molar refractivity (Wildman–Crippen MR) is 77.7 cm³/mol. The Bertz CT molecular complexity index is 623. The molecule has 20 heavy (non-hydrogen) atoms. The molecule has 5 nitrogen and oxygen atoms in total. The molecule has 112 valence electrons. The average molecular weight is 340 g/mol. The fraction of sp³-hybridized carbons (Fsp3) is 0.417. The summed E-state index contributed by atoms with van der Waals surface area (Å²) in [4.78, 5) is 11.1. The molecule has 0 aromatic heterocycles. The quantitative estimate of drug-likeness (QED) is 0.883. The van der Waals surface area contributed by atoms with Crippen LogP contribution in [0, 0.1) is 5.41 Å². The van der Waals surface area contributed by atoms with E-state index in [0.29, 0.717) is 0 Å². The van der Waals surface area contributed by atoms with E-state index in [1.54, 1.807) is 20.8 Å². The van der Waals surface area contributed by atoms with Crippen molar-refractivity contribution in [1.82, 2.24) is 4.72 Å². The van der Waals surface area contributed by atoms with Crippen LogP contribution in [0.2, 0.25) is 10.0 Å². The number of carbonyl (C=O) groups is 1. The number of sulfonamides is 1. The molecule has 1 rings (SSSR count). The summed E-state index contributed by atoms with van der Waals surface area (Å²) < 4.78 is 26.5. The topological polar surface area (TPSA) is 83.5 Å². The highest BCUT2D eigenvalue weighted by Crippen LogP contribution is 2.26. The number of nitrogens with one attached hydrogen (secondary N) is 1. The first-order valence-electron chi connectivity index (χ1n) is 5.65. The van der Waals surface area contributed by atoms with Gasteiger partial charge in [-0.15, -0.1) is 0 Å². The van der Waals surface area contributed by atoms with E-state index in [4.69, 9.17) is 28.3 Å². The van der Waals surface area contributed by atoms with Crippen LogP contribution in [-0.2, 0) is 14.8 Å². The number of hydrogen-bond donors (Lipinski definition) is 2. The molecule has 0 aliphatic rings. The minimum absolute atomic E-state index is 0.0807. The number of rotatable bonds is 4. The third kappa shape index (κ3) is 4.09. The van der Waals surface area contributed by atoms with Gasteiger partial charge in [0.05, 0.1) is 14.9 Å². The third-order valence-electron chi connectivity index (χ3n) is 2.59. The van der Waals surface area contributed by atoms with Crippen molar-refractivity contribution < 1.29 is 18.3 Å². The molecule has 0 amide bonds. The van der Waals surface area contributed by atoms with Gasteiger partial charge in [0.25, 0.3) is 0 Å². The van der Waals surface area contributed by atoms with Gasteiger partial charge >= 0.3 is 5.97 Å². The largest absolute Gasteiger partial charge is 0.480 e. The van der Waals surface area contributed by atoms with Gasteiger partial charge in [-0.2, -0.15) is 4.72 Å². The summed E-state index contributed by atoms with van der Waals surface area (Å²) in [5.74, 6) is -1.25. The Labute approximate surface area is 127 Å². The number of carboxylic acid groups (broad SMARTS) is 1. The van der Waals surface area contributed by atoms with Crippen LogP contribution in [0.15, 0.2) is 23.1 Å². The zero-order valence-corrected chi connectivity index (χ0v) is 13.5. The van der Waals surface area contributed by atoms with E-state index in [-0.39, 0.29) is 14.9 Å². The number of benzene rings is 1. The monoisotopic (exact) mass is 339 g/mol. The van der Waals surface area contributed by atoms with Crippen LogP contribution in [-0.4, -0.2) is 25.5 Å². The van der Waals surface area contributed by atoms with E-state index in [1.807, 2.05) is 0 Å². The second-order valence-electron chi connectivity index (χ2n) is 5.33. The summed E-state index contributed by atoms with van der Waals surface area (Å²) in [6.07, 6.45) is 0. The number of aliphatic carboxylic acids is 1. The number of carboxylic acids is 1. The summed E-state index contributed by atoms with van der Waals surface area (Å²) in [6.45, 7) is 4.88. The van der Waals surface area contributed by atoms with Gasteiger partial charge in [0.15, 0.2) is 0 Å². The molecule has 1 aromatic rings. The molecule has 0 aliphatic heterocycles. The fourth-order valence-electron chi connectivity index (χ4n) is 1.46. The third-order valence-corrected chi connectivity index (χ3v) is 4.75. The summed E-state index contributed by atoms with van der Waals surface area (Å²) in [5, 5.41) is 9.44. The highest BCUT2D eigenvalue weighted by Gasteiger charge is 2.35. The van der Waals surface area contributed by atoms with Crippen molar-refractivity contribution in [3.05, 3.63) is 28.2 Å². The maximum atomic E-state index is 12.2. The minimum Gasteiger partial charge on any atom is -0.480 e. The second-order valence-corrected chi connectivity index (χ2v) is 7.86. The summed E-state index contributed by atoms with van der Waals surface area (Å²) in [6, 6.07) is 2.51. The van der Waals surface area contributed by atoms with Gasteiger partial charge in [-0.1, -0.05) is 44.0 Å². The van der Waals surface area contributed by atoms with Crippen LogP contribution in [0.25, 0.3) is 0 Å². The average Bonchev–Trinajstić information content (AvgIpc) is 2.27. The Balaban J connectivity index is 3.16. The Kier molecular flexibility index (Phi) is 5.08. The summed E-state index contributed by atoms with van der Waals surface area (Å²) >= 11 is 11.5. The first-order valence-corrected chi connectivity index (χ1v) is 7.89. The molecular formula is C12H15Cl2NO4S. The van der Waals surface area contributed by atoms with Gasteiger partial charge in [-0.3, -0.25) is 4.79 Å². The Morgan fingerprint density at radius 3 is 2.20 bits per heavy atom. The Hall–Kier alpha value is -0.820. The Morgan fingerprint density at radius 1 is 1.25 bits per heavy atom. The standard InChI is InChI=1S/C12H15Cl2NO4S/c1-12(2,3)10(11(16)17)15-20(18,19)7-4-5-8(13)9(14)6-7/h4-6,10,15H,1-3H3,(H,16,17). The highest BCUT2D eigenvalue weighted by molar-refractivity contribution is 7.89. The minimum atomic E-state index is -4.00. The lowest BCUT2D eigenvalue weighted by atomic mass is 9.88. The molecule has 8 heteroatoms. The summed E-state index contributed by atoms with van der Waals surface area (Å²) in [7, 11) is -4.00. The molecule has 0 saturated heterocycles. The molecule has 0 saturated carbocycles. The molecule has 0 radical (unpaired) electrons. The maximum Gasteiger partial charge on any atom is 0.322 e. The number of hydrogen-bond acceptors (Lipinski definition) is 3. The van der Waals surface area contributed by atoms with Gasteiger partial charge in [-0.05, 0) is 23.6 Å². The molecule has 0 fully saturated rings. The maximum absolute atomic E-state index is 12.2. The molecule has 1 atom stereocenters. The van der Waals surface area contributed by atoms with E-state index in [1.165, 1.54) is 18.2 Å². The Morgan fingerprint density at radius 2 is 1.80 bits per heavy atom. The van der Waals surface area contributed by atoms with Crippen molar-refractivity contribution in [2.24, 2.45) is 5.41 Å². The van der Waals surface area contributed by atoms with Crippen LogP contribution in [0.3, 0.4) is 0 Å². The predicted octanol–water partition coefficient (Wildman–Crippen LogP) is 2.77. The molecular weight excluding hydrogens is 325 g/mol. The molecule has 2 N–H and O–H groups in total. The molecule has 0 heterocycles. The van der Waals surface area contributed by atoms with Gasteiger partial charge in [-0.25, -0.2) is 8.42 Å². The molecule has 0 bridgehead atoms. The molecule has 1 aromatic carbocycles. The molecule has 0 spiro atoms. The molecule has 0 aliphatic carbocycles. The van der Waals surface area contributed by atoms with Crippen molar-refractivity contribution in [2.75, 3.05) is 0 Å². The zero-order valence-electron chi connectivity index (χ0n) is 11.1. The lowest BCUT2D eigenvalue weighted by molar-refractivity contribution is -0.141. The normalized spacial score (nSPS) is 14.1. The van der Waals surface area contributed by atoms with Crippen LogP contribution in [0.1, 0.15) is 20.8 Å². The van der Waals surface area contributed by atoms with Gasteiger partial charge < -0.3 is 5.11 Å². The first kappa shape index (κ1) is 17.2. The van der Waals surface area contributed by atoms with Crippen molar-refractivity contribution >= 4 is 39.2 Å².